The van der Waals surface area contributed by atoms with E-state index in [9.17, 15) is 5.11 Å². The van der Waals surface area contributed by atoms with Crippen molar-refractivity contribution in [2.24, 2.45) is 46.8 Å². The molecule has 8 atom stereocenters. The van der Waals surface area contributed by atoms with Crippen LogP contribution in [0.4, 0.5) is 0 Å². The Morgan fingerprint density at radius 2 is 1.86 bits per heavy atom. The molecular weight excluding hydrogens is 416 g/mol. The zero-order valence-electron chi connectivity index (χ0n) is 19.4. The van der Waals surface area contributed by atoms with Gasteiger partial charge in [-0.2, -0.15) is 0 Å². The second-order valence-electron chi connectivity index (χ2n) is 11.9. The molecule has 1 nitrogen and oxygen atoms in total. The summed E-state index contributed by atoms with van der Waals surface area (Å²) < 4.78 is 0. The minimum atomic E-state index is -0.0803. The van der Waals surface area contributed by atoms with Crippen LogP contribution in [0.5, 0.6) is 0 Å². The van der Waals surface area contributed by atoms with Gasteiger partial charge in [0.2, 0.25) is 0 Å². The Morgan fingerprint density at radius 3 is 2.59 bits per heavy atom. The third-order valence-electron chi connectivity index (χ3n) is 9.94. The molecule has 0 amide bonds. The molecule has 2 saturated carbocycles. The van der Waals surface area contributed by atoms with E-state index in [1.807, 2.05) is 5.57 Å². The highest BCUT2D eigenvalue weighted by atomic mass is 75.9. The molecule has 4 aliphatic rings. The fourth-order valence-electron chi connectivity index (χ4n) is 8.52. The summed E-state index contributed by atoms with van der Waals surface area (Å²) in [6.45, 7) is 10.0. The van der Waals surface area contributed by atoms with Crippen LogP contribution in [0.1, 0.15) is 98.3 Å². The fourth-order valence-corrected chi connectivity index (χ4v) is 9.18. The van der Waals surface area contributed by atoms with Gasteiger partial charge in [0, 0.05) is 5.33 Å². The minimum Gasteiger partial charge on any atom is -0.393 e. The van der Waals surface area contributed by atoms with E-state index in [0.29, 0.717) is 11.3 Å². The van der Waals surface area contributed by atoms with Crippen molar-refractivity contribution in [3.8, 4) is 0 Å². The van der Waals surface area contributed by atoms with Gasteiger partial charge in [-0.3, -0.25) is 0 Å². The van der Waals surface area contributed by atoms with Gasteiger partial charge in [0.05, 0.1) is 6.10 Å². The van der Waals surface area contributed by atoms with Crippen molar-refractivity contribution in [2.45, 2.75) is 104 Å². The number of aliphatic hydroxyl groups is 1. The molecule has 0 aromatic heterocycles. The van der Waals surface area contributed by atoms with Gasteiger partial charge >= 0.3 is 0 Å². The molecular formula is C27H45BrO. The highest BCUT2D eigenvalue weighted by molar-refractivity contribution is 9.09. The molecule has 166 valence electrons. The summed E-state index contributed by atoms with van der Waals surface area (Å²) in [7, 11) is 0. The summed E-state index contributed by atoms with van der Waals surface area (Å²) >= 11 is 3.85. The Kier molecular flexibility index (Phi) is 6.92. The van der Waals surface area contributed by atoms with Gasteiger partial charge in [0.15, 0.2) is 0 Å². The molecule has 0 heterocycles. The van der Waals surface area contributed by atoms with Crippen molar-refractivity contribution in [2.75, 3.05) is 5.33 Å². The summed E-state index contributed by atoms with van der Waals surface area (Å²) in [6.07, 6.45) is 14.6. The van der Waals surface area contributed by atoms with Crippen LogP contribution in [0.3, 0.4) is 0 Å². The number of aliphatic hydroxyl groups excluding tert-OH is 1. The van der Waals surface area contributed by atoms with E-state index < -0.39 is 0 Å². The van der Waals surface area contributed by atoms with Crippen LogP contribution < -0.4 is 0 Å². The Balaban J connectivity index is 1.51. The summed E-state index contributed by atoms with van der Waals surface area (Å²) in [5.41, 5.74) is 4.06. The van der Waals surface area contributed by atoms with Crippen LogP contribution in [0, 0.1) is 46.8 Å². The summed E-state index contributed by atoms with van der Waals surface area (Å²) in [5, 5.41) is 11.4. The maximum Gasteiger partial charge on any atom is 0.0580 e. The largest absolute Gasteiger partial charge is 0.393 e. The predicted octanol–water partition coefficient (Wildman–Crippen LogP) is 7.76. The van der Waals surface area contributed by atoms with Gasteiger partial charge in [-0.15, -0.1) is 0 Å². The highest BCUT2D eigenvalue weighted by Crippen LogP contribution is 2.65. The maximum atomic E-state index is 10.3. The second-order valence-corrected chi connectivity index (χ2v) is 12.6. The Labute approximate surface area is 188 Å². The number of hydrogen-bond donors (Lipinski definition) is 1. The predicted molar refractivity (Wildman–Crippen MR) is 127 cm³/mol. The topological polar surface area (TPSA) is 20.2 Å². The van der Waals surface area contributed by atoms with Crippen LogP contribution in [0.15, 0.2) is 11.1 Å². The van der Waals surface area contributed by atoms with Gasteiger partial charge in [-0.25, -0.2) is 0 Å². The SMILES string of the molecule is CC(C)CCC[C@@H](C)[C@H]1CC[C@H]2[C@@H]3CC(C[76Br])C4=C(CC[C@H](O)C4)[C@H]3CC[C@]12C. The zero-order valence-corrected chi connectivity index (χ0v) is 21.0. The van der Waals surface area contributed by atoms with E-state index in [4.69, 9.17) is 0 Å². The highest BCUT2D eigenvalue weighted by Gasteiger charge is 2.56. The minimum absolute atomic E-state index is 0.0803. The molecule has 2 heteroatoms. The fraction of sp³-hybridized carbons (Fsp3) is 0.926. The molecule has 0 aromatic carbocycles. The number of fused-ring (bicyclic) bond motifs is 4. The smallest absolute Gasteiger partial charge is 0.0580 e. The van der Waals surface area contributed by atoms with Crippen LogP contribution in [-0.4, -0.2) is 16.5 Å². The van der Waals surface area contributed by atoms with Crippen molar-refractivity contribution in [1.29, 1.82) is 0 Å². The maximum absolute atomic E-state index is 10.3. The normalized spacial score (nSPS) is 43.1. The quantitative estimate of drug-likeness (QED) is 0.316. The third-order valence-corrected chi connectivity index (χ3v) is 10.7. The van der Waals surface area contributed by atoms with Crippen molar-refractivity contribution in [3.05, 3.63) is 11.1 Å². The molecule has 0 aliphatic heterocycles. The number of allylic oxidation sites excluding steroid dienone is 1. The molecule has 29 heavy (non-hydrogen) atoms. The average Bonchev–Trinajstić information content (AvgIpc) is 3.04. The molecule has 1 unspecified atom stereocenters. The van der Waals surface area contributed by atoms with Crippen LogP contribution in [0.25, 0.3) is 0 Å². The first-order valence-electron chi connectivity index (χ1n) is 12.8. The van der Waals surface area contributed by atoms with Gasteiger partial charge in [-0.1, -0.05) is 74.0 Å². The van der Waals surface area contributed by atoms with Crippen LogP contribution in [0.2, 0.25) is 0 Å². The number of rotatable bonds is 6. The van der Waals surface area contributed by atoms with Crippen LogP contribution >= 0.6 is 15.9 Å². The Bertz CT molecular complexity index is 610. The molecule has 0 aromatic rings. The summed E-state index contributed by atoms with van der Waals surface area (Å²) in [4.78, 5) is 0. The second kappa shape index (κ2) is 8.97. The Hall–Kier alpha value is 0.180. The van der Waals surface area contributed by atoms with E-state index in [2.05, 4.69) is 43.6 Å². The van der Waals surface area contributed by atoms with Gasteiger partial charge in [0.25, 0.3) is 0 Å². The molecule has 0 spiro atoms. The van der Waals surface area contributed by atoms with Gasteiger partial charge in [0.1, 0.15) is 0 Å². The first-order chi connectivity index (χ1) is 13.8. The number of alkyl halides is 1. The lowest BCUT2D eigenvalue weighted by Crippen LogP contribution is -2.46. The monoisotopic (exact) mass is 461 g/mol. The molecule has 0 radical (unpaired) electrons. The van der Waals surface area contributed by atoms with Crippen molar-refractivity contribution >= 4 is 15.9 Å². The number of hydrogen-bond acceptors (Lipinski definition) is 1. The van der Waals surface area contributed by atoms with Crippen molar-refractivity contribution in [3.63, 3.8) is 0 Å². The summed E-state index contributed by atoms with van der Waals surface area (Å²) in [5.74, 6) is 6.10. The average molecular weight is 462 g/mol. The number of halogens is 1. The van der Waals surface area contributed by atoms with Crippen molar-refractivity contribution in [1.82, 2.24) is 0 Å². The third kappa shape index (κ3) is 4.15. The van der Waals surface area contributed by atoms with Gasteiger partial charge in [-0.05, 0) is 98.2 Å². The van der Waals surface area contributed by atoms with E-state index in [1.54, 1.807) is 5.57 Å². The zero-order chi connectivity index (χ0) is 20.8. The summed E-state index contributed by atoms with van der Waals surface area (Å²) in [6, 6.07) is 0. The lowest BCUT2D eigenvalue weighted by Gasteiger charge is -2.54. The lowest BCUT2D eigenvalue weighted by molar-refractivity contribution is -0.0107. The van der Waals surface area contributed by atoms with Gasteiger partial charge < -0.3 is 5.11 Å². The standard InChI is InChI=1S/C27H45BrO/c1-17(2)6-5-7-18(3)25-10-11-26-24-14-19(16-28)23-15-20(29)8-9-21(23)22(24)12-13-27(25,26)4/h17-20,22,24-26,29H,5-16H2,1-4H3/t18-,19?,20+,22-,24-,25-,26+,27-/m1/s1/i28-4. The molecule has 0 saturated heterocycles. The van der Waals surface area contributed by atoms with E-state index in [1.165, 1.54) is 57.8 Å². The van der Waals surface area contributed by atoms with Crippen LogP contribution in [-0.2, 0) is 0 Å². The first-order valence-corrected chi connectivity index (χ1v) is 13.9. The molecule has 1 N–H and O–H groups in total. The van der Waals surface area contributed by atoms with Crippen molar-refractivity contribution < 1.29 is 5.11 Å². The molecule has 0 bridgehead atoms. The Morgan fingerprint density at radius 1 is 1.07 bits per heavy atom. The first kappa shape index (κ1) is 22.4. The van der Waals surface area contributed by atoms with E-state index in [0.717, 1.165) is 53.7 Å². The molecule has 4 aliphatic carbocycles. The molecule has 2 fully saturated rings. The molecule has 4 rings (SSSR count). The van der Waals surface area contributed by atoms with E-state index >= 15 is 0 Å². The lowest BCUT2D eigenvalue weighted by atomic mass is 9.51. The van der Waals surface area contributed by atoms with E-state index in [-0.39, 0.29) is 6.10 Å².